The zero-order chi connectivity index (χ0) is 21.1. The van der Waals surface area contributed by atoms with Crippen LogP contribution in [0, 0.1) is 0 Å². The lowest BCUT2D eigenvalue weighted by molar-refractivity contribution is 0.0913. The van der Waals surface area contributed by atoms with Crippen molar-refractivity contribution in [1.29, 1.82) is 0 Å². The second-order valence-corrected chi connectivity index (χ2v) is 7.90. The molecule has 0 saturated heterocycles. The maximum Gasteiger partial charge on any atom is 0.323 e. The molecule has 0 unspecified atom stereocenters. The van der Waals surface area contributed by atoms with E-state index in [0.717, 1.165) is 0 Å². The number of imidazole rings is 1. The third-order valence-electron chi connectivity index (χ3n) is 4.11. The van der Waals surface area contributed by atoms with Crippen molar-refractivity contribution in [2.45, 2.75) is 11.5 Å². The molecule has 2 aromatic carbocycles. The van der Waals surface area contributed by atoms with E-state index in [-0.39, 0.29) is 17.3 Å². The van der Waals surface area contributed by atoms with Crippen LogP contribution < -0.4 is 20.7 Å². The topological polar surface area (TPSA) is 146 Å². The summed E-state index contributed by atoms with van der Waals surface area (Å²) in [5.74, 6) is 0.178. The van der Waals surface area contributed by atoms with Crippen LogP contribution in [0.2, 0.25) is 0 Å². The Balaban J connectivity index is 1.38. The lowest BCUT2D eigenvalue weighted by Crippen LogP contribution is -2.41. The molecular weight excluding hydrogens is 412 g/mol. The van der Waals surface area contributed by atoms with Gasteiger partial charge in [-0.05, 0) is 42.5 Å². The van der Waals surface area contributed by atoms with E-state index in [1.165, 1.54) is 24.3 Å². The van der Waals surface area contributed by atoms with E-state index in [9.17, 15) is 18.0 Å². The number of carbonyl (C=O) groups excluding carboxylic acids is 1. The van der Waals surface area contributed by atoms with Gasteiger partial charge >= 0.3 is 11.6 Å². The number of rotatable bonds is 7. The fourth-order valence-corrected chi connectivity index (χ4v) is 3.53. The number of hydrazine groups is 1. The van der Waals surface area contributed by atoms with E-state index in [1.54, 1.807) is 18.2 Å². The summed E-state index contributed by atoms with van der Waals surface area (Å²) in [6.45, 7) is 0.109. The quantitative estimate of drug-likeness (QED) is 0.329. The molecule has 0 aliphatic heterocycles. The molecule has 10 nitrogen and oxygen atoms in total. The third-order valence-corrected chi connectivity index (χ3v) is 5.35. The van der Waals surface area contributed by atoms with Gasteiger partial charge in [-0.25, -0.2) is 13.2 Å². The summed E-state index contributed by atoms with van der Waals surface area (Å²) in [5.41, 5.74) is 2.42. The first-order valence-corrected chi connectivity index (χ1v) is 10.2. The lowest BCUT2D eigenvalue weighted by Gasteiger charge is -2.07. The highest BCUT2D eigenvalue weighted by Gasteiger charge is 2.18. The van der Waals surface area contributed by atoms with Gasteiger partial charge in [-0.3, -0.25) is 10.2 Å². The summed E-state index contributed by atoms with van der Waals surface area (Å²) >= 11 is 0. The number of sulfonamides is 1. The van der Waals surface area contributed by atoms with Crippen molar-refractivity contribution in [3.05, 3.63) is 82.7 Å². The van der Waals surface area contributed by atoms with Crippen LogP contribution in [0.3, 0.4) is 0 Å². The molecule has 0 fully saturated rings. The first-order valence-electron chi connectivity index (χ1n) is 8.71. The number of aromatic nitrogens is 2. The molecule has 0 saturated carbocycles. The van der Waals surface area contributed by atoms with Crippen molar-refractivity contribution < 1.29 is 22.4 Å². The molecule has 0 aliphatic rings. The van der Waals surface area contributed by atoms with Crippen LogP contribution in [0.5, 0.6) is 5.75 Å². The Bertz CT molecular complexity index is 1350. The summed E-state index contributed by atoms with van der Waals surface area (Å²) in [5, 5.41) is 0. The molecule has 2 aromatic heterocycles. The molecule has 0 bridgehead atoms. The number of nitrogens with one attached hydrogen (secondary N) is 4. The number of fused-ring (bicyclic) bond motifs is 1. The first-order chi connectivity index (χ1) is 14.4. The van der Waals surface area contributed by atoms with Gasteiger partial charge in [-0.1, -0.05) is 18.2 Å². The predicted molar refractivity (Wildman–Crippen MR) is 106 cm³/mol. The van der Waals surface area contributed by atoms with Gasteiger partial charge in [0.2, 0.25) is 0 Å². The minimum Gasteiger partial charge on any atom is -0.486 e. The van der Waals surface area contributed by atoms with E-state index in [2.05, 4.69) is 15.4 Å². The Morgan fingerprint density at radius 3 is 2.57 bits per heavy atom. The molecule has 4 rings (SSSR count). The zero-order valence-electron chi connectivity index (χ0n) is 15.3. The number of para-hydroxylation sites is 1. The monoisotopic (exact) mass is 428 g/mol. The average Bonchev–Trinajstić information content (AvgIpc) is 3.36. The number of furan rings is 1. The summed E-state index contributed by atoms with van der Waals surface area (Å²) in [6.07, 6.45) is 0. The fourth-order valence-electron chi connectivity index (χ4n) is 2.66. The number of hydrogen-bond donors (Lipinski definition) is 4. The third kappa shape index (κ3) is 4.26. The Kier molecular flexibility index (Phi) is 5.12. The van der Waals surface area contributed by atoms with E-state index in [4.69, 9.17) is 9.15 Å². The maximum absolute atomic E-state index is 12.4. The lowest BCUT2D eigenvalue weighted by atomic mass is 10.3. The van der Waals surface area contributed by atoms with E-state index in [1.807, 2.05) is 23.0 Å². The van der Waals surface area contributed by atoms with Crippen molar-refractivity contribution in [2.75, 3.05) is 0 Å². The Labute approximate surface area is 169 Å². The van der Waals surface area contributed by atoms with Gasteiger partial charge in [0.1, 0.15) is 18.1 Å². The van der Waals surface area contributed by atoms with Gasteiger partial charge in [0.05, 0.1) is 15.9 Å². The molecule has 30 heavy (non-hydrogen) atoms. The van der Waals surface area contributed by atoms with Crippen LogP contribution in [-0.2, 0) is 16.6 Å². The summed E-state index contributed by atoms with van der Waals surface area (Å²) in [6, 6.07) is 16.1. The van der Waals surface area contributed by atoms with E-state index < -0.39 is 21.6 Å². The standard InChI is InChI=1S/C19H16N4O6S/c24-18(17-9-6-13(29-17)11-28-12-4-2-1-3-5-12)22-23-30(26,27)14-7-8-15-16(10-14)21-19(25)20-15/h1-10,23H,11H2,(H,22,24)(H2,20,21,25). The highest BCUT2D eigenvalue weighted by Crippen LogP contribution is 2.15. The van der Waals surface area contributed by atoms with Gasteiger partial charge < -0.3 is 19.1 Å². The minimum atomic E-state index is -4.07. The zero-order valence-corrected chi connectivity index (χ0v) is 16.2. The molecule has 1 amide bonds. The average molecular weight is 428 g/mol. The van der Waals surface area contributed by atoms with Crippen LogP contribution in [0.25, 0.3) is 11.0 Å². The van der Waals surface area contributed by atoms with Crippen LogP contribution in [0.1, 0.15) is 16.3 Å². The largest absolute Gasteiger partial charge is 0.486 e. The van der Waals surface area contributed by atoms with Crippen molar-refractivity contribution >= 4 is 27.0 Å². The number of amides is 1. The van der Waals surface area contributed by atoms with Gasteiger partial charge in [0.15, 0.2) is 5.76 Å². The van der Waals surface area contributed by atoms with Gasteiger partial charge in [0, 0.05) is 0 Å². The van der Waals surface area contributed by atoms with E-state index >= 15 is 0 Å². The number of carbonyl (C=O) groups is 1. The second-order valence-electron chi connectivity index (χ2n) is 6.21. The molecule has 0 atom stereocenters. The van der Waals surface area contributed by atoms with Crippen molar-refractivity contribution in [3.63, 3.8) is 0 Å². The van der Waals surface area contributed by atoms with Crippen LogP contribution in [0.4, 0.5) is 0 Å². The van der Waals surface area contributed by atoms with Gasteiger partial charge in [-0.15, -0.1) is 4.83 Å². The molecular formula is C19H16N4O6S. The number of ether oxygens (including phenoxy) is 1. The van der Waals surface area contributed by atoms with E-state index in [0.29, 0.717) is 22.5 Å². The molecule has 0 aliphatic carbocycles. The fraction of sp³-hybridized carbons (Fsp3) is 0.0526. The predicted octanol–water partition coefficient (Wildman–Crippen LogP) is 1.65. The van der Waals surface area contributed by atoms with Crippen LogP contribution in [0.15, 0.2) is 74.8 Å². The molecule has 154 valence electrons. The van der Waals surface area contributed by atoms with Crippen molar-refractivity contribution in [3.8, 4) is 5.75 Å². The summed E-state index contributed by atoms with van der Waals surface area (Å²) < 4.78 is 35.7. The number of benzene rings is 2. The smallest absolute Gasteiger partial charge is 0.323 e. The maximum atomic E-state index is 12.4. The van der Waals surface area contributed by atoms with Crippen molar-refractivity contribution in [2.24, 2.45) is 0 Å². The molecule has 4 aromatic rings. The molecule has 4 N–H and O–H groups in total. The molecule has 0 spiro atoms. The highest BCUT2D eigenvalue weighted by atomic mass is 32.2. The molecule has 11 heteroatoms. The molecule has 0 radical (unpaired) electrons. The Morgan fingerprint density at radius 2 is 1.77 bits per heavy atom. The molecule has 2 heterocycles. The van der Waals surface area contributed by atoms with Crippen LogP contribution in [-0.4, -0.2) is 24.3 Å². The van der Waals surface area contributed by atoms with Gasteiger partial charge in [0.25, 0.3) is 10.0 Å². The minimum absolute atomic E-state index is 0.0882. The Morgan fingerprint density at radius 1 is 1.00 bits per heavy atom. The summed E-state index contributed by atoms with van der Waals surface area (Å²) in [7, 11) is -4.07. The van der Waals surface area contributed by atoms with Crippen LogP contribution >= 0.6 is 0 Å². The number of hydrogen-bond acceptors (Lipinski definition) is 6. The number of aromatic amines is 2. The summed E-state index contributed by atoms with van der Waals surface area (Å²) in [4.78, 5) is 30.3. The normalized spacial score (nSPS) is 11.5. The second kappa shape index (κ2) is 7.89. The highest BCUT2D eigenvalue weighted by molar-refractivity contribution is 7.89. The van der Waals surface area contributed by atoms with Crippen molar-refractivity contribution in [1.82, 2.24) is 20.2 Å². The van der Waals surface area contributed by atoms with Gasteiger partial charge in [-0.2, -0.15) is 0 Å². The number of H-pyrrole nitrogens is 2. The Hall–Kier alpha value is -3.83. The SMILES string of the molecule is O=C(NNS(=O)(=O)c1ccc2[nH]c(=O)[nH]c2c1)c1ccc(COc2ccccc2)o1. The first kappa shape index (κ1) is 19.5.